The average Bonchev–Trinajstić information content (AvgIpc) is 2.59. The van der Waals surface area contributed by atoms with Crippen LogP contribution in [0.4, 0.5) is 0 Å². The van der Waals surface area contributed by atoms with E-state index < -0.39 is 0 Å². The van der Waals surface area contributed by atoms with Gasteiger partial charge in [0.05, 0.1) is 5.52 Å². The molecule has 84 valence electrons. The molecule has 0 radical (unpaired) electrons. The molecule has 0 atom stereocenters. The maximum Gasteiger partial charge on any atom is 0.0622 e. The first-order valence-electron chi connectivity index (χ1n) is 5.73. The smallest absolute Gasteiger partial charge is 0.0622 e. The van der Waals surface area contributed by atoms with E-state index in [9.17, 15) is 0 Å². The molecule has 1 aliphatic rings. The van der Waals surface area contributed by atoms with Crippen molar-refractivity contribution < 1.29 is 0 Å². The lowest BCUT2D eigenvalue weighted by molar-refractivity contribution is 0.784. The normalized spacial score (nSPS) is 14.6. The van der Waals surface area contributed by atoms with Crippen LogP contribution in [0.5, 0.6) is 0 Å². The van der Waals surface area contributed by atoms with Crippen molar-refractivity contribution in [1.82, 2.24) is 4.57 Å². The largest absolute Gasteiger partial charge is 0.345 e. The summed E-state index contributed by atoms with van der Waals surface area (Å²) in [6, 6.07) is 4.22. The quantitative estimate of drug-likeness (QED) is 0.768. The number of aryl methyl sites for hydroxylation is 2. The Morgan fingerprint density at radius 1 is 1.44 bits per heavy atom. The first-order valence-corrected chi connectivity index (χ1v) is 7.10. The summed E-state index contributed by atoms with van der Waals surface area (Å²) in [5, 5.41) is 2.23. The third-order valence-corrected chi connectivity index (χ3v) is 4.32. The number of nitrogens with zero attached hydrogens (tertiary/aromatic N) is 1. The summed E-state index contributed by atoms with van der Waals surface area (Å²) in [6.07, 6.45) is 4.65. The van der Waals surface area contributed by atoms with E-state index in [1.165, 1.54) is 27.8 Å². The maximum atomic E-state index is 6.19. The minimum absolute atomic E-state index is 0.868. The molecule has 3 heteroatoms. The van der Waals surface area contributed by atoms with Gasteiger partial charge in [0.2, 0.25) is 0 Å². The molecule has 1 aromatic heterocycles. The van der Waals surface area contributed by atoms with Crippen LogP contribution < -0.4 is 0 Å². The Bertz CT molecular complexity index is 544. The summed E-state index contributed by atoms with van der Waals surface area (Å²) in [6.45, 7) is 3.35. The molecule has 1 aromatic carbocycles. The molecule has 0 bridgehead atoms. The number of thioether (sulfide) groups is 1. The van der Waals surface area contributed by atoms with Gasteiger partial charge in [-0.3, -0.25) is 0 Å². The third kappa shape index (κ3) is 1.56. The minimum Gasteiger partial charge on any atom is -0.345 e. The van der Waals surface area contributed by atoms with Gasteiger partial charge in [-0.1, -0.05) is 24.9 Å². The molecule has 0 amide bonds. The van der Waals surface area contributed by atoms with E-state index in [0.717, 1.165) is 23.7 Å². The summed E-state index contributed by atoms with van der Waals surface area (Å²) in [7, 11) is 0. The highest BCUT2D eigenvalue weighted by molar-refractivity contribution is 7.99. The van der Waals surface area contributed by atoms with Gasteiger partial charge in [0, 0.05) is 33.8 Å². The van der Waals surface area contributed by atoms with Crippen molar-refractivity contribution in [3.8, 4) is 0 Å². The van der Waals surface area contributed by atoms with E-state index in [1.807, 2.05) is 11.8 Å². The van der Waals surface area contributed by atoms with Gasteiger partial charge < -0.3 is 4.57 Å². The Morgan fingerprint density at radius 2 is 2.31 bits per heavy atom. The summed E-state index contributed by atoms with van der Waals surface area (Å²) in [5.74, 6) is 1.16. The second kappa shape index (κ2) is 4.01. The molecule has 0 aliphatic carbocycles. The number of aromatic nitrogens is 1. The fourth-order valence-corrected chi connectivity index (χ4v) is 3.81. The topological polar surface area (TPSA) is 4.93 Å². The van der Waals surface area contributed by atoms with Crippen LogP contribution in [0.25, 0.3) is 10.9 Å². The van der Waals surface area contributed by atoms with Gasteiger partial charge >= 0.3 is 0 Å². The molecule has 16 heavy (non-hydrogen) atoms. The van der Waals surface area contributed by atoms with Crippen LogP contribution in [0.1, 0.15) is 18.9 Å². The van der Waals surface area contributed by atoms with E-state index in [0.29, 0.717) is 0 Å². The van der Waals surface area contributed by atoms with Crippen molar-refractivity contribution in [2.45, 2.75) is 31.2 Å². The Kier molecular flexibility index (Phi) is 2.64. The SMILES string of the molecule is CCCc1cn2c3c(cc(Cl)cc13)SCC2. The standard InChI is InChI=1S/C13H14ClNS/c1-2-3-9-8-15-4-5-16-12-7-10(14)6-11(9)13(12)15/h6-8H,2-5H2,1H3. The molecule has 0 spiro atoms. The Labute approximate surface area is 105 Å². The van der Waals surface area contributed by atoms with Crippen molar-refractivity contribution in [2.75, 3.05) is 5.75 Å². The highest BCUT2D eigenvalue weighted by atomic mass is 35.5. The predicted molar refractivity (Wildman–Crippen MR) is 71.7 cm³/mol. The van der Waals surface area contributed by atoms with Crippen molar-refractivity contribution in [2.24, 2.45) is 0 Å². The second-order valence-electron chi connectivity index (χ2n) is 4.25. The van der Waals surface area contributed by atoms with E-state index in [2.05, 4.69) is 29.8 Å². The second-order valence-corrected chi connectivity index (χ2v) is 5.82. The number of rotatable bonds is 2. The van der Waals surface area contributed by atoms with Gasteiger partial charge in [0.1, 0.15) is 0 Å². The van der Waals surface area contributed by atoms with Crippen LogP contribution in [0.2, 0.25) is 5.02 Å². The Hall–Kier alpha value is -0.600. The maximum absolute atomic E-state index is 6.19. The van der Waals surface area contributed by atoms with E-state index >= 15 is 0 Å². The fourth-order valence-electron chi connectivity index (χ4n) is 2.45. The Balaban J connectivity index is 2.31. The van der Waals surface area contributed by atoms with Gasteiger partial charge in [0.25, 0.3) is 0 Å². The van der Waals surface area contributed by atoms with Crippen molar-refractivity contribution in [3.05, 3.63) is 28.9 Å². The molecule has 1 nitrogen and oxygen atoms in total. The van der Waals surface area contributed by atoms with E-state index in [1.54, 1.807) is 0 Å². The molecule has 0 unspecified atom stereocenters. The highest BCUT2D eigenvalue weighted by Crippen LogP contribution is 2.37. The number of hydrogen-bond acceptors (Lipinski definition) is 1. The molecule has 0 N–H and O–H groups in total. The van der Waals surface area contributed by atoms with E-state index in [-0.39, 0.29) is 0 Å². The fraction of sp³-hybridized carbons (Fsp3) is 0.385. The van der Waals surface area contributed by atoms with Crippen molar-refractivity contribution in [1.29, 1.82) is 0 Å². The number of hydrogen-bond donors (Lipinski definition) is 0. The molecule has 0 saturated carbocycles. The number of halogens is 1. The molecule has 0 fully saturated rings. The van der Waals surface area contributed by atoms with Gasteiger partial charge in [-0.25, -0.2) is 0 Å². The summed E-state index contributed by atoms with van der Waals surface area (Å²) < 4.78 is 2.39. The van der Waals surface area contributed by atoms with Crippen LogP contribution in [-0.2, 0) is 13.0 Å². The summed E-state index contributed by atoms with van der Waals surface area (Å²) in [5.41, 5.74) is 2.84. The van der Waals surface area contributed by atoms with Crippen LogP contribution in [0.3, 0.4) is 0 Å². The van der Waals surface area contributed by atoms with Crippen LogP contribution >= 0.6 is 23.4 Å². The summed E-state index contributed by atoms with van der Waals surface area (Å²) in [4.78, 5) is 1.34. The van der Waals surface area contributed by atoms with Gasteiger partial charge in [-0.2, -0.15) is 0 Å². The predicted octanol–water partition coefficient (Wildman–Crippen LogP) is 4.35. The molecule has 3 rings (SSSR count). The van der Waals surface area contributed by atoms with Gasteiger partial charge in [-0.15, -0.1) is 11.8 Å². The van der Waals surface area contributed by atoms with Crippen molar-refractivity contribution >= 4 is 34.3 Å². The monoisotopic (exact) mass is 251 g/mol. The first-order chi connectivity index (χ1) is 7.79. The van der Waals surface area contributed by atoms with Crippen LogP contribution in [0, 0.1) is 0 Å². The lowest BCUT2D eigenvalue weighted by Crippen LogP contribution is -2.04. The molecular weight excluding hydrogens is 238 g/mol. The lowest BCUT2D eigenvalue weighted by atomic mass is 10.1. The zero-order valence-corrected chi connectivity index (χ0v) is 10.9. The Morgan fingerprint density at radius 3 is 3.12 bits per heavy atom. The molecular formula is C13H14ClNS. The molecule has 2 aromatic rings. The molecule has 1 aliphatic heterocycles. The van der Waals surface area contributed by atoms with Crippen molar-refractivity contribution in [3.63, 3.8) is 0 Å². The zero-order valence-electron chi connectivity index (χ0n) is 9.29. The first kappa shape index (κ1) is 10.5. The molecule has 2 heterocycles. The molecule has 0 saturated heterocycles. The van der Waals surface area contributed by atoms with Gasteiger partial charge in [0.15, 0.2) is 0 Å². The van der Waals surface area contributed by atoms with Gasteiger partial charge in [-0.05, 0) is 24.1 Å². The zero-order chi connectivity index (χ0) is 11.1. The third-order valence-electron chi connectivity index (χ3n) is 3.09. The summed E-state index contributed by atoms with van der Waals surface area (Å²) >= 11 is 8.11. The highest BCUT2D eigenvalue weighted by Gasteiger charge is 2.16. The average molecular weight is 252 g/mol. The number of benzene rings is 1. The van der Waals surface area contributed by atoms with Crippen LogP contribution in [0.15, 0.2) is 23.2 Å². The van der Waals surface area contributed by atoms with E-state index in [4.69, 9.17) is 11.6 Å². The van der Waals surface area contributed by atoms with Crippen LogP contribution in [-0.4, -0.2) is 10.3 Å². The lowest BCUT2D eigenvalue weighted by Gasteiger charge is -2.15. The minimum atomic E-state index is 0.868.